The number of pyridine rings is 1. The second kappa shape index (κ2) is 9.40. The molecule has 0 bridgehead atoms. The molecule has 5 rings (SSSR count). The molecule has 0 spiro atoms. The first-order chi connectivity index (χ1) is 16.5. The van der Waals surface area contributed by atoms with Gasteiger partial charge >= 0.3 is 5.97 Å². The lowest BCUT2D eigenvalue weighted by atomic mass is 9.87. The van der Waals surface area contributed by atoms with E-state index in [0.717, 1.165) is 36.7 Å². The molecule has 0 radical (unpaired) electrons. The molecular formula is C23H30N8O3. The Morgan fingerprint density at radius 3 is 2.88 bits per heavy atom. The average molecular weight is 467 g/mol. The molecule has 2 saturated carbocycles. The van der Waals surface area contributed by atoms with Crippen LogP contribution in [0.4, 0.5) is 5.95 Å². The van der Waals surface area contributed by atoms with E-state index in [2.05, 4.69) is 25.7 Å². The molecule has 2 N–H and O–H groups in total. The molecule has 0 amide bonds. The minimum absolute atomic E-state index is 0.107. The maximum atomic E-state index is 11.3. The van der Waals surface area contributed by atoms with E-state index in [1.165, 1.54) is 12.8 Å². The summed E-state index contributed by atoms with van der Waals surface area (Å²) < 4.78 is 9.74. The predicted molar refractivity (Wildman–Crippen MR) is 123 cm³/mol. The van der Waals surface area contributed by atoms with Crippen LogP contribution in [0.2, 0.25) is 0 Å². The van der Waals surface area contributed by atoms with Crippen LogP contribution in [0.1, 0.15) is 49.9 Å². The summed E-state index contributed by atoms with van der Waals surface area (Å²) in [6.07, 6.45) is 7.15. The van der Waals surface area contributed by atoms with Gasteiger partial charge in [0.2, 0.25) is 5.95 Å². The quantitative estimate of drug-likeness (QED) is 0.488. The Hall–Kier alpha value is -3.50. The van der Waals surface area contributed by atoms with Crippen LogP contribution in [-0.4, -0.2) is 51.9 Å². The third-order valence-corrected chi connectivity index (χ3v) is 6.58. The van der Waals surface area contributed by atoms with Gasteiger partial charge in [0, 0.05) is 13.6 Å². The number of aliphatic carboxylic acids is 1. The number of anilines is 1. The van der Waals surface area contributed by atoms with Gasteiger partial charge in [-0.3, -0.25) is 9.48 Å². The zero-order valence-corrected chi connectivity index (χ0v) is 19.5. The zero-order valence-electron chi connectivity index (χ0n) is 19.5. The van der Waals surface area contributed by atoms with Gasteiger partial charge in [0.1, 0.15) is 17.8 Å². The van der Waals surface area contributed by atoms with E-state index in [1.807, 2.05) is 30.8 Å². The Balaban J connectivity index is 1.26. The summed E-state index contributed by atoms with van der Waals surface area (Å²) in [5.41, 5.74) is 3.00. The van der Waals surface area contributed by atoms with Crippen LogP contribution in [0.25, 0.3) is 11.4 Å². The molecule has 11 nitrogen and oxygen atoms in total. The number of aromatic nitrogens is 7. The molecule has 2 fully saturated rings. The Morgan fingerprint density at radius 2 is 2.12 bits per heavy atom. The van der Waals surface area contributed by atoms with E-state index in [0.29, 0.717) is 42.5 Å². The highest BCUT2D eigenvalue weighted by molar-refractivity contribution is 5.70. The van der Waals surface area contributed by atoms with Gasteiger partial charge in [0.05, 0.1) is 35.6 Å². The van der Waals surface area contributed by atoms with E-state index in [9.17, 15) is 9.90 Å². The molecule has 11 heteroatoms. The maximum absolute atomic E-state index is 11.3. The van der Waals surface area contributed by atoms with Crippen LogP contribution >= 0.6 is 0 Å². The highest BCUT2D eigenvalue weighted by Crippen LogP contribution is 2.31. The van der Waals surface area contributed by atoms with Gasteiger partial charge in [-0.1, -0.05) is 5.21 Å². The summed E-state index contributed by atoms with van der Waals surface area (Å²) >= 11 is 0. The van der Waals surface area contributed by atoms with Crippen molar-refractivity contribution in [2.75, 3.05) is 5.32 Å². The van der Waals surface area contributed by atoms with E-state index in [-0.39, 0.29) is 12.0 Å². The normalized spacial score (nSPS) is 20.3. The molecule has 2 atom stereocenters. The number of aryl methyl sites for hydroxylation is 2. The first kappa shape index (κ1) is 22.3. The van der Waals surface area contributed by atoms with Gasteiger partial charge in [0.15, 0.2) is 0 Å². The van der Waals surface area contributed by atoms with Crippen molar-refractivity contribution in [1.29, 1.82) is 0 Å². The second-order valence-electron chi connectivity index (χ2n) is 9.32. The number of rotatable bonds is 9. The van der Waals surface area contributed by atoms with Crippen molar-refractivity contribution in [1.82, 2.24) is 34.7 Å². The minimum atomic E-state index is -0.743. The predicted octanol–water partition coefficient (Wildman–Crippen LogP) is 2.82. The van der Waals surface area contributed by atoms with Crippen molar-refractivity contribution in [2.45, 2.75) is 64.6 Å². The number of hydrogen-bond donors (Lipinski definition) is 2. The van der Waals surface area contributed by atoms with E-state index >= 15 is 0 Å². The topological polar surface area (TPSA) is 133 Å². The lowest BCUT2D eigenvalue weighted by Crippen LogP contribution is -2.29. The lowest BCUT2D eigenvalue weighted by Gasteiger charge is -2.27. The van der Waals surface area contributed by atoms with Crippen LogP contribution in [0.15, 0.2) is 18.5 Å². The molecule has 3 heterocycles. The number of ether oxygens (including phenoxy) is 1. The third kappa shape index (κ3) is 5.02. The van der Waals surface area contributed by atoms with Crippen LogP contribution in [0.3, 0.4) is 0 Å². The molecule has 2 aliphatic carbocycles. The number of carboxylic acid groups (broad SMARTS) is 1. The van der Waals surface area contributed by atoms with Crippen molar-refractivity contribution in [3.63, 3.8) is 0 Å². The van der Waals surface area contributed by atoms with Crippen molar-refractivity contribution < 1.29 is 14.6 Å². The second-order valence-corrected chi connectivity index (χ2v) is 9.32. The number of carbonyl (C=O) groups is 1. The van der Waals surface area contributed by atoms with E-state index < -0.39 is 5.97 Å². The van der Waals surface area contributed by atoms with Gasteiger partial charge in [0.25, 0.3) is 0 Å². The van der Waals surface area contributed by atoms with Gasteiger partial charge in [-0.05, 0) is 63.5 Å². The third-order valence-electron chi connectivity index (χ3n) is 6.58. The molecule has 0 aliphatic heterocycles. The van der Waals surface area contributed by atoms with Gasteiger partial charge in [-0.15, -0.1) is 10.2 Å². The Kier molecular flexibility index (Phi) is 6.16. The molecule has 2 aliphatic rings. The Labute approximate surface area is 197 Å². The van der Waals surface area contributed by atoms with Crippen molar-refractivity contribution in [3.05, 3.63) is 29.8 Å². The highest BCUT2D eigenvalue weighted by atomic mass is 16.5. The van der Waals surface area contributed by atoms with E-state index in [4.69, 9.17) is 9.72 Å². The molecule has 3 aromatic rings. The Bertz CT molecular complexity index is 1170. The summed E-state index contributed by atoms with van der Waals surface area (Å²) in [6.45, 7) is 3.27. The van der Waals surface area contributed by atoms with Crippen molar-refractivity contribution in [3.8, 4) is 17.1 Å². The van der Waals surface area contributed by atoms with Gasteiger partial charge in [-0.2, -0.15) is 0 Å². The fourth-order valence-corrected chi connectivity index (χ4v) is 4.43. The zero-order chi connectivity index (χ0) is 23.7. The smallest absolute Gasteiger partial charge is 0.306 e. The molecule has 0 aromatic carbocycles. The van der Waals surface area contributed by atoms with Crippen molar-refractivity contribution >= 4 is 11.9 Å². The van der Waals surface area contributed by atoms with Crippen LogP contribution in [0.5, 0.6) is 5.75 Å². The minimum Gasteiger partial charge on any atom is -0.489 e. The largest absolute Gasteiger partial charge is 0.489 e. The first-order valence-electron chi connectivity index (χ1n) is 11.9. The summed E-state index contributed by atoms with van der Waals surface area (Å²) in [5.74, 6) is 0.907. The van der Waals surface area contributed by atoms with Crippen molar-refractivity contribution in [2.24, 2.45) is 18.9 Å². The molecule has 180 valence electrons. The summed E-state index contributed by atoms with van der Waals surface area (Å²) in [4.78, 5) is 20.4. The lowest BCUT2D eigenvalue weighted by molar-refractivity contribution is -0.143. The fourth-order valence-electron chi connectivity index (χ4n) is 4.43. The molecule has 0 saturated heterocycles. The summed E-state index contributed by atoms with van der Waals surface area (Å²) in [6, 6.07) is 3.75. The number of carboxylic acids is 1. The Morgan fingerprint density at radius 1 is 1.26 bits per heavy atom. The van der Waals surface area contributed by atoms with Gasteiger partial charge in [-0.25, -0.2) is 14.6 Å². The molecule has 3 aromatic heterocycles. The maximum Gasteiger partial charge on any atom is 0.306 e. The number of nitrogens with zero attached hydrogens (tertiary/aromatic N) is 7. The monoisotopic (exact) mass is 466 g/mol. The number of hydrogen-bond acceptors (Lipinski definition) is 8. The standard InChI is InChI=1S/C23H30N8O3/c1-14-20(34-17-5-3-4-16(10-17)22(32)33)9-8-18(26-14)21-19(30(2)29-27-21)11-24-23-25-13-31(28-23)12-15-6-7-15/h8-9,13,15-17H,3-7,10-12H2,1-2H3,(H,24,28)(H,32,33)/t16-,17-/m0/s1. The SMILES string of the molecule is Cc1nc(-c2nnn(C)c2CNc2ncn(CC3CC3)n2)ccc1O[C@H]1CCC[C@H](C(=O)O)C1. The first-order valence-corrected chi connectivity index (χ1v) is 11.9. The number of nitrogens with one attached hydrogen (secondary N) is 1. The van der Waals surface area contributed by atoms with E-state index in [1.54, 1.807) is 11.0 Å². The van der Waals surface area contributed by atoms with Crippen LogP contribution in [0, 0.1) is 18.8 Å². The van der Waals surface area contributed by atoms with Gasteiger partial charge < -0.3 is 15.2 Å². The van der Waals surface area contributed by atoms with Crippen LogP contribution < -0.4 is 10.1 Å². The highest BCUT2D eigenvalue weighted by Gasteiger charge is 2.28. The average Bonchev–Trinajstić information content (AvgIpc) is 3.40. The van der Waals surface area contributed by atoms with Crippen LogP contribution in [-0.2, 0) is 24.9 Å². The molecule has 34 heavy (non-hydrogen) atoms. The fraction of sp³-hybridized carbons (Fsp3) is 0.565. The molecular weight excluding hydrogens is 436 g/mol. The summed E-state index contributed by atoms with van der Waals surface area (Å²) in [7, 11) is 1.85. The summed E-state index contributed by atoms with van der Waals surface area (Å²) in [5, 5.41) is 25.6. The molecule has 0 unspecified atom stereocenters.